The van der Waals surface area contributed by atoms with Crippen molar-refractivity contribution in [1.29, 1.82) is 0 Å². The Labute approximate surface area is 255 Å². The summed E-state index contributed by atoms with van der Waals surface area (Å²) in [7, 11) is 0. The van der Waals surface area contributed by atoms with E-state index in [1.807, 2.05) is 66.7 Å². The second kappa shape index (κ2) is 13.7. The molecule has 8 nitrogen and oxygen atoms in total. The lowest BCUT2D eigenvalue weighted by molar-refractivity contribution is -0.126. The van der Waals surface area contributed by atoms with Gasteiger partial charge >= 0.3 is 0 Å². The first-order chi connectivity index (χ1) is 20.4. The van der Waals surface area contributed by atoms with Crippen molar-refractivity contribution in [2.24, 2.45) is 5.41 Å². The number of amides is 2. The van der Waals surface area contributed by atoms with Gasteiger partial charge in [-0.05, 0) is 80.1 Å². The number of ether oxygens (including phenoxy) is 1. The van der Waals surface area contributed by atoms with Gasteiger partial charge in [-0.3, -0.25) is 19.3 Å². The highest BCUT2D eigenvalue weighted by atomic mass is 16.5. The zero-order chi connectivity index (χ0) is 31.3. The number of pyridine rings is 1. The third kappa shape index (κ3) is 7.43. The molecule has 230 valence electrons. The van der Waals surface area contributed by atoms with Crippen molar-refractivity contribution in [3.8, 4) is 11.1 Å². The Morgan fingerprint density at radius 2 is 1.67 bits per heavy atom. The first-order valence-electron chi connectivity index (χ1n) is 15.3. The number of benzene rings is 2. The largest absolute Gasteiger partial charge is 0.379 e. The summed E-state index contributed by atoms with van der Waals surface area (Å²) in [5, 5.41) is 2.97. The van der Waals surface area contributed by atoms with Crippen molar-refractivity contribution in [2.75, 3.05) is 37.7 Å². The van der Waals surface area contributed by atoms with Crippen molar-refractivity contribution in [2.45, 2.75) is 68.0 Å². The van der Waals surface area contributed by atoms with Crippen LogP contribution in [-0.2, 0) is 22.6 Å². The van der Waals surface area contributed by atoms with Gasteiger partial charge in [0.1, 0.15) is 0 Å². The number of carbonyl (C=O) groups is 2. The average molecular weight is 587 g/mol. The summed E-state index contributed by atoms with van der Waals surface area (Å²) in [6.07, 6.45) is 0.698. The maximum Gasteiger partial charge on any atom is 0.253 e. The minimum Gasteiger partial charge on any atom is -0.379 e. The van der Waals surface area contributed by atoms with E-state index in [9.17, 15) is 14.4 Å². The van der Waals surface area contributed by atoms with E-state index in [1.54, 1.807) is 4.90 Å². The summed E-state index contributed by atoms with van der Waals surface area (Å²) in [6, 6.07) is 14.2. The lowest BCUT2D eigenvalue weighted by Crippen LogP contribution is -2.41. The molecule has 43 heavy (non-hydrogen) atoms. The minimum absolute atomic E-state index is 0.0202. The molecule has 0 unspecified atom stereocenters. The molecule has 3 aromatic rings. The van der Waals surface area contributed by atoms with E-state index in [4.69, 9.17) is 4.74 Å². The summed E-state index contributed by atoms with van der Waals surface area (Å²) >= 11 is 0. The number of aromatic nitrogens is 1. The maximum atomic E-state index is 13.7. The van der Waals surface area contributed by atoms with Gasteiger partial charge in [-0.25, -0.2) is 0 Å². The van der Waals surface area contributed by atoms with Crippen LogP contribution in [0, 0.1) is 26.2 Å². The average Bonchev–Trinajstić information content (AvgIpc) is 2.98. The predicted molar refractivity (Wildman–Crippen MR) is 173 cm³/mol. The Bertz CT molecular complexity index is 1520. The predicted octanol–water partition coefficient (Wildman–Crippen LogP) is 5.52. The number of hydrogen-bond donors (Lipinski definition) is 2. The fourth-order valence-electron chi connectivity index (χ4n) is 5.51. The lowest BCUT2D eigenvalue weighted by atomic mass is 9.87. The number of aryl methyl sites for hydroxylation is 2. The van der Waals surface area contributed by atoms with Gasteiger partial charge in [0.15, 0.2) is 0 Å². The number of aromatic amines is 1. The highest BCUT2D eigenvalue weighted by Crippen LogP contribution is 2.34. The molecule has 0 bridgehead atoms. The lowest BCUT2D eigenvalue weighted by Gasteiger charge is -2.32. The monoisotopic (exact) mass is 586 g/mol. The van der Waals surface area contributed by atoms with E-state index in [0.717, 1.165) is 66.5 Å². The van der Waals surface area contributed by atoms with E-state index in [1.165, 1.54) is 5.56 Å². The number of rotatable bonds is 10. The number of anilines is 1. The maximum absolute atomic E-state index is 13.7. The molecule has 0 aliphatic carbocycles. The molecule has 1 saturated heterocycles. The Kier molecular flexibility index (Phi) is 10.2. The van der Waals surface area contributed by atoms with E-state index in [2.05, 4.69) is 39.5 Å². The standard InChI is InChI=1S/C35H46N4O4/c1-8-35(6,7)34(42)39(9-2)31-20-28(27-12-10-26(11-13-27)22-38-14-16-43-17-15-38)19-29(25(31)5)32(40)36-21-30-23(3)18-24(4)37-33(30)41/h10-13,18-20H,8-9,14-17,21-22H2,1-7H3,(H,36,40)(H,37,41). The number of nitrogens with one attached hydrogen (secondary N) is 2. The highest BCUT2D eigenvalue weighted by Gasteiger charge is 2.32. The highest BCUT2D eigenvalue weighted by molar-refractivity contribution is 6.03. The second-order valence-corrected chi connectivity index (χ2v) is 12.2. The third-order valence-electron chi connectivity index (χ3n) is 8.66. The zero-order valence-electron chi connectivity index (χ0n) is 26.7. The van der Waals surface area contributed by atoms with E-state index in [0.29, 0.717) is 24.1 Å². The smallest absolute Gasteiger partial charge is 0.253 e. The summed E-state index contributed by atoms with van der Waals surface area (Å²) in [6.45, 7) is 18.3. The Morgan fingerprint density at radius 1 is 1.00 bits per heavy atom. The van der Waals surface area contributed by atoms with Gasteiger partial charge in [0, 0.05) is 60.6 Å². The van der Waals surface area contributed by atoms with Crippen molar-refractivity contribution >= 4 is 17.5 Å². The summed E-state index contributed by atoms with van der Waals surface area (Å²) in [4.78, 5) is 47.0. The van der Waals surface area contributed by atoms with E-state index < -0.39 is 5.41 Å². The molecule has 2 amide bonds. The quantitative estimate of drug-likeness (QED) is 0.326. The molecule has 1 aliphatic rings. The fraction of sp³-hybridized carbons (Fsp3) is 0.457. The molecular formula is C35H46N4O4. The molecular weight excluding hydrogens is 540 g/mol. The van der Waals surface area contributed by atoms with Crippen LogP contribution in [0.2, 0.25) is 0 Å². The van der Waals surface area contributed by atoms with Crippen LogP contribution in [-0.4, -0.2) is 54.5 Å². The molecule has 1 aliphatic heterocycles. The van der Waals surface area contributed by atoms with E-state index in [-0.39, 0.29) is 23.9 Å². The van der Waals surface area contributed by atoms with E-state index >= 15 is 0 Å². The Balaban J connectivity index is 1.72. The molecule has 0 atom stereocenters. The number of hydrogen-bond acceptors (Lipinski definition) is 5. The molecule has 0 saturated carbocycles. The van der Waals surface area contributed by atoms with Crippen molar-refractivity contribution < 1.29 is 14.3 Å². The fourth-order valence-corrected chi connectivity index (χ4v) is 5.51. The van der Waals surface area contributed by atoms with Crippen LogP contribution in [0.4, 0.5) is 5.69 Å². The van der Waals surface area contributed by atoms with Gasteiger partial charge in [0.25, 0.3) is 11.5 Å². The van der Waals surface area contributed by atoms with Crippen LogP contribution in [0.1, 0.15) is 72.4 Å². The van der Waals surface area contributed by atoms with Gasteiger partial charge in [-0.15, -0.1) is 0 Å². The minimum atomic E-state index is -0.550. The van der Waals surface area contributed by atoms with Crippen LogP contribution >= 0.6 is 0 Å². The second-order valence-electron chi connectivity index (χ2n) is 12.2. The molecule has 1 aromatic heterocycles. The summed E-state index contributed by atoms with van der Waals surface area (Å²) in [5.74, 6) is -0.269. The number of morpholine rings is 1. The van der Waals surface area contributed by atoms with Crippen LogP contribution in [0.25, 0.3) is 11.1 Å². The molecule has 2 N–H and O–H groups in total. The third-order valence-corrected chi connectivity index (χ3v) is 8.66. The molecule has 4 rings (SSSR count). The first kappa shape index (κ1) is 32.2. The van der Waals surface area contributed by atoms with Gasteiger partial charge in [-0.2, -0.15) is 0 Å². The van der Waals surface area contributed by atoms with Crippen molar-refractivity contribution in [3.05, 3.63) is 86.3 Å². The normalized spacial score (nSPS) is 14.0. The van der Waals surface area contributed by atoms with Crippen LogP contribution in [0.5, 0.6) is 0 Å². The molecule has 0 spiro atoms. The molecule has 2 aromatic carbocycles. The zero-order valence-corrected chi connectivity index (χ0v) is 26.7. The number of H-pyrrole nitrogens is 1. The van der Waals surface area contributed by atoms with Gasteiger partial charge in [0.05, 0.1) is 13.2 Å². The van der Waals surface area contributed by atoms with Crippen LogP contribution < -0.4 is 15.8 Å². The van der Waals surface area contributed by atoms with Crippen LogP contribution in [0.3, 0.4) is 0 Å². The summed E-state index contributed by atoms with van der Waals surface area (Å²) in [5.41, 5.74) is 6.34. The van der Waals surface area contributed by atoms with Gasteiger partial charge < -0.3 is 19.9 Å². The van der Waals surface area contributed by atoms with Gasteiger partial charge in [-0.1, -0.05) is 45.0 Å². The van der Waals surface area contributed by atoms with Crippen molar-refractivity contribution in [1.82, 2.24) is 15.2 Å². The summed E-state index contributed by atoms with van der Waals surface area (Å²) < 4.78 is 5.48. The SMILES string of the molecule is CCN(C(=O)C(C)(C)CC)c1cc(-c2ccc(CN3CCOCC3)cc2)cc(C(=O)NCc2c(C)cc(C)[nH]c2=O)c1C. The molecule has 2 heterocycles. The van der Waals surface area contributed by atoms with Crippen molar-refractivity contribution in [3.63, 3.8) is 0 Å². The van der Waals surface area contributed by atoms with Gasteiger partial charge in [0.2, 0.25) is 5.91 Å². The number of nitrogens with zero attached hydrogens (tertiary/aromatic N) is 2. The number of carbonyl (C=O) groups excluding carboxylic acids is 2. The molecule has 1 fully saturated rings. The Hall–Kier alpha value is -3.75. The Morgan fingerprint density at radius 3 is 2.28 bits per heavy atom. The topological polar surface area (TPSA) is 94.7 Å². The molecule has 0 radical (unpaired) electrons. The first-order valence-corrected chi connectivity index (χ1v) is 15.3. The molecule has 8 heteroatoms. The van der Waals surface area contributed by atoms with Crippen LogP contribution in [0.15, 0.2) is 47.3 Å².